The summed E-state index contributed by atoms with van der Waals surface area (Å²) >= 11 is 0. The number of hydrogen-bond acceptors (Lipinski definition) is 2. The fourth-order valence-electron chi connectivity index (χ4n) is 1.75. The first-order valence-corrected chi connectivity index (χ1v) is 7.47. The Morgan fingerprint density at radius 3 is 2.52 bits per heavy atom. The van der Waals surface area contributed by atoms with Crippen LogP contribution in [0.1, 0.15) is 32.8 Å². The fourth-order valence-corrected chi connectivity index (χ4v) is 1.75. The van der Waals surface area contributed by atoms with Gasteiger partial charge in [-0.15, -0.1) is 0 Å². The lowest BCUT2D eigenvalue weighted by Crippen LogP contribution is -2.41. The molecule has 0 heterocycles. The van der Waals surface area contributed by atoms with E-state index in [1.165, 1.54) is 0 Å². The summed E-state index contributed by atoms with van der Waals surface area (Å²) in [5, 5.41) is 9.27. The van der Waals surface area contributed by atoms with E-state index in [-0.39, 0.29) is 5.91 Å². The van der Waals surface area contributed by atoms with Crippen molar-refractivity contribution < 1.29 is 4.79 Å². The number of nitrogens with zero attached hydrogens (tertiary/aromatic N) is 1. The summed E-state index contributed by atoms with van der Waals surface area (Å²) in [4.78, 5) is 16.1. The van der Waals surface area contributed by atoms with Crippen molar-refractivity contribution in [3.8, 4) is 0 Å². The van der Waals surface area contributed by atoms with Gasteiger partial charge in [0, 0.05) is 25.6 Å². The number of nitrogens with one attached hydrogen (secondary N) is 3. The van der Waals surface area contributed by atoms with Crippen molar-refractivity contribution in [3.05, 3.63) is 35.9 Å². The van der Waals surface area contributed by atoms with Crippen LogP contribution in [-0.4, -0.2) is 31.0 Å². The van der Waals surface area contributed by atoms with Gasteiger partial charge in [0.25, 0.3) is 0 Å². The molecule has 0 radical (unpaired) electrons. The summed E-state index contributed by atoms with van der Waals surface area (Å²) in [6, 6.07) is 10.2. The molecule has 5 nitrogen and oxygen atoms in total. The van der Waals surface area contributed by atoms with Crippen LogP contribution in [0.2, 0.25) is 0 Å². The molecular formula is C16H26N4O. The number of rotatable bonds is 7. The number of benzene rings is 1. The lowest BCUT2D eigenvalue weighted by molar-refractivity contribution is -0.121. The minimum atomic E-state index is 0.0167. The Labute approximate surface area is 127 Å². The van der Waals surface area contributed by atoms with Gasteiger partial charge in [-0.25, -0.2) is 0 Å². The average molecular weight is 290 g/mol. The molecule has 0 aliphatic rings. The summed E-state index contributed by atoms with van der Waals surface area (Å²) in [6.45, 7) is 7.97. The molecule has 0 aliphatic heterocycles. The van der Waals surface area contributed by atoms with Gasteiger partial charge in [0.1, 0.15) is 0 Å². The zero-order valence-electron chi connectivity index (χ0n) is 13.1. The monoisotopic (exact) mass is 290 g/mol. The maximum absolute atomic E-state index is 11.8. The number of amides is 1. The Morgan fingerprint density at radius 1 is 1.19 bits per heavy atom. The van der Waals surface area contributed by atoms with Crippen LogP contribution in [0.5, 0.6) is 0 Å². The molecule has 3 N–H and O–H groups in total. The quantitative estimate of drug-likeness (QED) is 0.528. The van der Waals surface area contributed by atoms with E-state index in [4.69, 9.17) is 0 Å². The molecule has 1 rings (SSSR count). The van der Waals surface area contributed by atoms with E-state index in [0.717, 1.165) is 18.1 Å². The maximum Gasteiger partial charge on any atom is 0.222 e. The van der Waals surface area contributed by atoms with Crippen LogP contribution in [0, 0.1) is 0 Å². The lowest BCUT2D eigenvalue weighted by atomic mass is 10.2. The summed E-state index contributed by atoms with van der Waals surface area (Å²) in [5.41, 5.74) is 1.10. The highest BCUT2D eigenvalue weighted by atomic mass is 16.1. The second kappa shape index (κ2) is 9.80. The minimum Gasteiger partial charge on any atom is -0.357 e. The zero-order chi connectivity index (χ0) is 15.5. The first-order chi connectivity index (χ1) is 10.1. The predicted octanol–water partition coefficient (Wildman–Crippen LogP) is 1.66. The van der Waals surface area contributed by atoms with Crippen LogP contribution in [0.3, 0.4) is 0 Å². The molecule has 0 unspecified atom stereocenters. The van der Waals surface area contributed by atoms with Gasteiger partial charge >= 0.3 is 0 Å². The normalized spacial score (nSPS) is 11.3. The Bertz CT molecular complexity index is 443. The topological polar surface area (TPSA) is 65.5 Å². The molecule has 5 heteroatoms. The molecule has 0 saturated carbocycles. The molecule has 0 aliphatic carbocycles. The highest BCUT2D eigenvalue weighted by Gasteiger charge is 2.02. The average Bonchev–Trinajstić information content (AvgIpc) is 2.46. The van der Waals surface area contributed by atoms with Crippen molar-refractivity contribution in [3.63, 3.8) is 0 Å². The Morgan fingerprint density at radius 2 is 1.90 bits per heavy atom. The number of carbonyl (C=O) groups excluding carboxylic acids is 1. The molecule has 1 amide bonds. The Balaban J connectivity index is 2.30. The summed E-state index contributed by atoms with van der Waals surface area (Å²) < 4.78 is 0. The van der Waals surface area contributed by atoms with Gasteiger partial charge in [-0.3, -0.25) is 9.79 Å². The van der Waals surface area contributed by atoms with Crippen LogP contribution >= 0.6 is 0 Å². The van der Waals surface area contributed by atoms with E-state index in [1.54, 1.807) is 0 Å². The molecule has 1 aromatic rings. The van der Waals surface area contributed by atoms with Gasteiger partial charge in [-0.2, -0.15) is 0 Å². The smallest absolute Gasteiger partial charge is 0.222 e. The molecule has 116 valence electrons. The van der Waals surface area contributed by atoms with E-state index in [0.29, 0.717) is 25.6 Å². The zero-order valence-corrected chi connectivity index (χ0v) is 13.1. The molecule has 0 bridgehead atoms. The van der Waals surface area contributed by atoms with Crippen LogP contribution in [0.4, 0.5) is 0 Å². The van der Waals surface area contributed by atoms with Crippen LogP contribution in [0.15, 0.2) is 35.3 Å². The van der Waals surface area contributed by atoms with Crippen molar-refractivity contribution in [1.82, 2.24) is 16.0 Å². The summed E-state index contributed by atoms with van der Waals surface area (Å²) in [6.07, 6.45) is 0.390. The highest BCUT2D eigenvalue weighted by molar-refractivity contribution is 5.81. The molecule has 21 heavy (non-hydrogen) atoms. The molecule has 0 atom stereocenters. The molecule has 0 fully saturated rings. The van der Waals surface area contributed by atoms with Crippen molar-refractivity contribution >= 4 is 11.9 Å². The number of aliphatic imine (C=N–C) groups is 1. The van der Waals surface area contributed by atoms with Gasteiger partial charge in [-0.1, -0.05) is 30.3 Å². The number of guanidine groups is 1. The van der Waals surface area contributed by atoms with Crippen molar-refractivity contribution in [2.75, 3.05) is 13.1 Å². The van der Waals surface area contributed by atoms with Gasteiger partial charge in [0.15, 0.2) is 5.96 Å². The van der Waals surface area contributed by atoms with Gasteiger partial charge in [-0.05, 0) is 26.3 Å². The second-order valence-corrected chi connectivity index (χ2v) is 5.07. The summed E-state index contributed by atoms with van der Waals surface area (Å²) in [5.74, 6) is 0.770. The van der Waals surface area contributed by atoms with Crippen molar-refractivity contribution in [2.24, 2.45) is 4.99 Å². The SMILES string of the molecule is CCNC(=NCCC(=O)NCc1ccccc1)NC(C)C. The van der Waals surface area contributed by atoms with Gasteiger partial charge in [0.05, 0.1) is 6.54 Å². The third kappa shape index (κ3) is 7.97. The minimum absolute atomic E-state index is 0.0167. The first-order valence-electron chi connectivity index (χ1n) is 7.47. The molecule has 0 aromatic heterocycles. The van der Waals surface area contributed by atoms with Crippen LogP contribution < -0.4 is 16.0 Å². The fraction of sp³-hybridized carbons (Fsp3) is 0.500. The first kappa shape index (κ1) is 17.0. The molecular weight excluding hydrogens is 264 g/mol. The van der Waals surface area contributed by atoms with Crippen molar-refractivity contribution in [1.29, 1.82) is 0 Å². The Kier molecular flexibility index (Phi) is 7.94. The van der Waals surface area contributed by atoms with E-state index in [2.05, 4.69) is 34.8 Å². The second-order valence-electron chi connectivity index (χ2n) is 5.07. The van der Waals surface area contributed by atoms with Crippen LogP contribution in [-0.2, 0) is 11.3 Å². The Hall–Kier alpha value is -2.04. The standard InChI is InChI=1S/C16H26N4O/c1-4-17-16(20-13(2)3)18-11-10-15(21)19-12-14-8-6-5-7-9-14/h5-9,13H,4,10-12H2,1-3H3,(H,19,21)(H2,17,18,20). The molecule has 1 aromatic carbocycles. The predicted molar refractivity (Wildman–Crippen MR) is 87.2 cm³/mol. The molecule has 0 spiro atoms. The van der Waals surface area contributed by atoms with Crippen LogP contribution in [0.25, 0.3) is 0 Å². The highest BCUT2D eigenvalue weighted by Crippen LogP contribution is 1.97. The molecule has 0 saturated heterocycles. The lowest BCUT2D eigenvalue weighted by Gasteiger charge is -2.13. The van der Waals surface area contributed by atoms with Gasteiger partial charge in [0.2, 0.25) is 5.91 Å². The third-order valence-electron chi connectivity index (χ3n) is 2.71. The van der Waals surface area contributed by atoms with Gasteiger partial charge < -0.3 is 16.0 Å². The maximum atomic E-state index is 11.8. The number of hydrogen-bond donors (Lipinski definition) is 3. The van der Waals surface area contributed by atoms with E-state index >= 15 is 0 Å². The third-order valence-corrected chi connectivity index (χ3v) is 2.71. The van der Waals surface area contributed by atoms with E-state index in [1.807, 2.05) is 37.3 Å². The van der Waals surface area contributed by atoms with E-state index < -0.39 is 0 Å². The number of carbonyl (C=O) groups is 1. The summed E-state index contributed by atoms with van der Waals surface area (Å²) in [7, 11) is 0. The van der Waals surface area contributed by atoms with Crippen molar-refractivity contribution in [2.45, 2.75) is 39.8 Å². The van der Waals surface area contributed by atoms with E-state index in [9.17, 15) is 4.79 Å². The largest absolute Gasteiger partial charge is 0.357 e.